The van der Waals surface area contributed by atoms with Gasteiger partial charge in [-0.3, -0.25) is 9.68 Å². The maximum atomic E-state index is 8.69. The van der Waals surface area contributed by atoms with Crippen LogP contribution in [0.2, 0.25) is 10.0 Å². The average molecular weight is 296 g/mol. The minimum absolute atomic E-state index is 0.104. The zero-order valence-electron chi connectivity index (χ0n) is 9.68. The van der Waals surface area contributed by atoms with Crippen molar-refractivity contribution in [2.24, 2.45) is 0 Å². The molecule has 0 spiro atoms. The van der Waals surface area contributed by atoms with Crippen LogP contribution in [0.1, 0.15) is 5.56 Å². The molecule has 1 rings (SSSR count). The Morgan fingerprint density at radius 2 is 1.61 bits per heavy atom. The van der Waals surface area contributed by atoms with Crippen molar-refractivity contribution in [1.82, 2.24) is 5.23 Å². The van der Waals surface area contributed by atoms with Crippen LogP contribution >= 0.6 is 23.2 Å². The highest BCUT2D eigenvalue weighted by molar-refractivity contribution is 6.42. The molecule has 0 bridgehead atoms. The van der Waals surface area contributed by atoms with Gasteiger partial charge in [-0.1, -0.05) is 34.5 Å². The van der Waals surface area contributed by atoms with Crippen molar-refractivity contribution in [3.8, 4) is 0 Å². The average Bonchev–Trinajstić information content (AvgIpc) is 2.37. The van der Waals surface area contributed by atoms with Gasteiger partial charge in [0.1, 0.15) is 0 Å². The van der Waals surface area contributed by atoms with Crippen LogP contribution in [0.25, 0.3) is 0 Å². The second-order valence-corrected chi connectivity index (χ2v) is 4.17. The zero-order chi connectivity index (χ0) is 13.4. The minimum Gasteiger partial charge on any atom is -0.394 e. The Morgan fingerprint density at radius 3 is 2.11 bits per heavy atom. The van der Waals surface area contributed by atoms with Crippen molar-refractivity contribution in [2.75, 3.05) is 26.4 Å². The van der Waals surface area contributed by atoms with Crippen LogP contribution in [0.15, 0.2) is 18.2 Å². The summed E-state index contributed by atoms with van der Waals surface area (Å²) in [6.07, 6.45) is 0. The van der Waals surface area contributed by atoms with Crippen molar-refractivity contribution in [3.05, 3.63) is 33.8 Å². The van der Waals surface area contributed by atoms with E-state index in [1.807, 2.05) is 0 Å². The fourth-order valence-corrected chi connectivity index (χ4v) is 1.52. The van der Waals surface area contributed by atoms with Crippen molar-refractivity contribution in [1.29, 1.82) is 0 Å². The van der Waals surface area contributed by atoms with Crippen LogP contribution < -0.4 is 0 Å². The van der Waals surface area contributed by atoms with E-state index < -0.39 is 0 Å². The van der Waals surface area contributed by atoms with Crippen LogP contribution in [0, 0.1) is 0 Å². The third-order valence-electron chi connectivity index (χ3n) is 1.95. The zero-order valence-corrected chi connectivity index (χ0v) is 11.2. The Labute approximate surface area is 115 Å². The topological polar surface area (TPSA) is 62.2 Å². The number of hydroxylamine groups is 2. The van der Waals surface area contributed by atoms with Gasteiger partial charge in [-0.15, -0.1) is 0 Å². The second-order valence-electron chi connectivity index (χ2n) is 3.35. The van der Waals surface area contributed by atoms with E-state index in [1.54, 1.807) is 18.2 Å². The molecule has 0 radical (unpaired) electrons. The van der Waals surface area contributed by atoms with Gasteiger partial charge in [0.15, 0.2) is 0 Å². The molecule has 0 saturated heterocycles. The lowest BCUT2D eigenvalue weighted by atomic mass is 10.2. The highest BCUT2D eigenvalue weighted by atomic mass is 35.5. The molecule has 0 atom stereocenters. The van der Waals surface area contributed by atoms with Crippen LogP contribution in [-0.2, 0) is 16.2 Å². The summed E-state index contributed by atoms with van der Waals surface area (Å²) in [5.74, 6) is 0. The van der Waals surface area contributed by atoms with E-state index in [1.165, 1.54) is 5.23 Å². The number of aliphatic hydroxyl groups is 2. The molecule has 0 aliphatic heterocycles. The lowest BCUT2D eigenvalue weighted by Crippen LogP contribution is -2.27. The smallest absolute Gasteiger partial charge is 0.0942 e. The summed E-state index contributed by atoms with van der Waals surface area (Å²) in [6.45, 7) is 0.261. The van der Waals surface area contributed by atoms with Gasteiger partial charge < -0.3 is 10.2 Å². The number of hydrogen-bond acceptors (Lipinski definition) is 5. The van der Waals surface area contributed by atoms with Gasteiger partial charge in [0.2, 0.25) is 0 Å². The Kier molecular flexibility index (Phi) is 7.53. The fourth-order valence-electron chi connectivity index (χ4n) is 1.20. The van der Waals surface area contributed by atoms with Gasteiger partial charge in [-0.2, -0.15) is 0 Å². The Hall–Kier alpha value is -0.400. The Balaban J connectivity index is 2.59. The largest absolute Gasteiger partial charge is 0.394 e. The van der Waals surface area contributed by atoms with Crippen molar-refractivity contribution in [3.63, 3.8) is 0 Å². The number of hydrogen-bond donors (Lipinski definition) is 2. The third-order valence-corrected chi connectivity index (χ3v) is 2.69. The first-order valence-electron chi connectivity index (χ1n) is 5.36. The molecule has 0 heterocycles. The summed E-state index contributed by atoms with van der Waals surface area (Å²) < 4.78 is 0. The molecule has 1 aromatic carbocycles. The molecule has 0 amide bonds. The molecule has 0 fully saturated rings. The predicted molar refractivity (Wildman–Crippen MR) is 68.1 cm³/mol. The van der Waals surface area contributed by atoms with Crippen molar-refractivity contribution < 1.29 is 19.9 Å². The minimum atomic E-state index is -0.125. The molecule has 0 aliphatic rings. The summed E-state index contributed by atoms with van der Waals surface area (Å²) in [6, 6.07) is 5.16. The maximum Gasteiger partial charge on any atom is 0.0942 e. The molecule has 102 valence electrons. The molecule has 0 aromatic heterocycles. The predicted octanol–water partition coefficient (Wildman–Crippen LogP) is 1.64. The SMILES string of the molecule is OCCON(Cc1ccc(Cl)c(Cl)c1)OCCO. The third kappa shape index (κ3) is 5.49. The first kappa shape index (κ1) is 15.7. The summed E-state index contributed by atoms with van der Waals surface area (Å²) in [5.41, 5.74) is 0.834. The summed E-state index contributed by atoms with van der Waals surface area (Å²) in [4.78, 5) is 10.3. The highest BCUT2D eigenvalue weighted by Crippen LogP contribution is 2.23. The van der Waals surface area contributed by atoms with Gasteiger partial charge in [0.05, 0.1) is 43.0 Å². The lowest BCUT2D eigenvalue weighted by Gasteiger charge is -2.20. The molecule has 1 aromatic rings. The quantitative estimate of drug-likeness (QED) is 0.714. The summed E-state index contributed by atoms with van der Waals surface area (Å²) >= 11 is 11.7. The van der Waals surface area contributed by atoms with Gasteiger partial charge >= 0.3 is 0 Å². The number of nitrogens with zero attached hydrogens (tertiary/aromatic N) is 1. The van der Waals surface area contributed by atoms with Crippen LogP contribution in [0.5, 0.6) is 0 Å². The van der Waals surface area contributed by atoms with E-state index in [4.69, 9.17) is 43.1 Å². The van der Waals surface area contributed by atoms with E-state index in [0.29, 0.717) is 16.6 Å². The molecular formula is C11H15Cl2NO4. The molecular weight excluding hydrogens is 281 g/mol. The molecule has 0 unspecified atom stereocenters. The van der Waals surface area contributed by atoms with Crippen LogP contribution in [0.4, 0.5) is 0 Å². The number of rotatable bonds is 8. The molecule has 2 N–H and O–H groups in total. The van der Waals surface area contributed by atoms with Gasteiger partial charge in [-0.05, 0) is 17.7 Å². The second kappa shape index (κ2) is 8.66. The standard InChI is InChI=1S/C11H15Cl2NO4/c12-10-2-1-9(7-11(10)13)8-14(17-5-3-15)18-6-4-16/h1-2,7,15-16H,3-6,8H2. The van der Waals surface area contributed by atoms with E-state index in [9.17, 15) is 0 Å². The van der Waals surface area contributed by atoms with E-state index >= 15 is 0 Å². The normalized spacial score (nSPS) is 11.2. The first-order valence-corrected chi connectivity index (χ1v) is 6.12. The van der Waals surface area contributed by atoms with E-state index in [2.05, 4.69) is 0 Å². The first-order chi connectivity index (χ1) is 8.67. The summed E-state index contributed by atoms with van der Waals surface area (Å²) in [7, 11) is 0. The number of benzene rings is 1. The maximum absolute atomic E-state index is 8.69. The van der Waals surface area contributed by atoms with Crippen molar-refractivity contribution >= 4 is 23.2 Å². The van der Waals surface area contributed by atoms with Gasteiger partial charge in [-0.25, -0.2) is 0 Å². The van der Waals surface area contributed by atoms with Crippen molar-refractivity contribution in [2.45, 2.75) is 6.54 Å². The van der Waals surface area contributed by atoms with Gasteiger partial charge in [0.25, 0.3) is 0 Å². The van der Waals surface area contributed by atoms with E-state index in [-0.39, 0.29) is 26.4 Å². The number of aliphatic hydroxyl groups excluding tert-OH is 2. The van der Waals surface area contributed by atoms with E-state index in [0.717, 1.165) is 5.56 Å². The van der Waals surface area contributed by atoms with Gasteiger partial charge in [0, 0.05) is 0 Å². The molecule has 0 aliphatic carbocycles. The molecule has 5 nitrogen and oxygen atoms in total. The lowest BCUT2D eigenvalue weighted by molar-refractivity contribution is -0.378. The molecule has 0 saturated carbocycles. The summed E-state index contributed by atoms with van der Waals surface area (Å²) in [5, 5.41) is 19.5. The van der Waals surface area contributed by atoms with Crippen LogP contribution in [0.3, 0.4) is 0 Å². The highest BCUT2D eigenvalue weighted by Gasteiger charge is 2.08. The monoisotopic (exact) mass is 295 g/mol. The Morgan fingerprint density at radius 1 is 1.00 bits per heavy atom. The molecule has 7 heteroatoms. The number of halogens is 2. The van der Waals surface area contributed by atoms with Crippen LogP contribution in [-0.4, -0.2) is 41.9 Å². The molecule has 18 heavy (non-hydrogen) atoms. The Bertz CT molecular complexity index is 357. The fraction of sp³-hybridized carbons (Fsp3) is 0.455.